The Balaban J connectivity index is 6.51. The molecule has 0 saturated heterocycles. The molecule has 7 nitrogen and oxygen atoms in total. The van der Waals surface area contributed by atoms with Crippen molar-refractivity contribution < 1.29 is 33.0 Å². The molecule has 0 aliphatic rings. The van der Waals surface area contributed by atoms with Crippen LogP contribution in [-0.2, 0) is 33.0 Å². The smallest absolute Gasteiger partial charge is 0.327 e. The van der Waals surface area contributed by atoms with E-state index in [0.29, 0.717) is 33.0 Å². The number of carbonyl (C=O) groups is 1. The number of carbonyl (C=O) groups excluding carboxylic acids is 1. The highest BCUT2D eigenvalue weighted by Gasteiger charge is 2.62. The lowest BCUT2D eigenvalue weighted by Crippen LogP contribution is -2.49. The zero-order chi connectivity index (χ0) is 36.3. The van der Waals surface area contributed by atoms with Crippen molar-refractivity contribution in [3.05, 3.63) is 12.7 Å². The highest BCUT2D eigenvalue weighted by Crippen LogP contribution is 2.49. The lowest BCUT2D eigenvalue weighted by molar-refractivity contribution is -0.404. The topological polar surface area (TPSA) is 80.3 Å². The second kappa shape index (κ2) is 34.4. The van der Waals surface area contributed by atoms with Gasteiger partial charge in [0.1, 0.15) is 6.42 Å². The molecule has 0 amide bonds. The van der Waals surface area contributed by atoms with Gasteiger partial charge in [-0.15, -0.1) is 0 Å². The zero-order valence-corrected chi connectivity index (χ0v) is 33.9. The van der Waals surface area contributed by atoms with Gasteiger partial charge in [0.2, 0.25) is 0 Å². The van der Waals surface area contributed by atoms with Gasteiger partial charge in [-0.05, 0) is 32.1 Å². The summed E-state index contributed by atoms with van der Waals surface area (Å²) in [5, 5.41) is 0. The number of rotatable bonds is 40. The Morgan fingerprint density at radius 2 is 0.735 bits per heavy atom. The zero-order valence-electron chi connectivity index (χ0n) is 33.0. The van der Waals surface area contributed by atoms with Crippen molar-refractivity contribution in [3.63, 3.8) is 0 Å². The minimum absolute atomic E-state index is 0.0996. The third-order valence-corrected chi connectivity index (χ3v) is 10.6. The molecule has 8 heteroatoms. The Hall–Kier alpha value is -0.690. The molecule has 0 fully saturated rings. The van der Waals surface area contributed by atoms with Gasteiger partial charge in [0, 0.05) is 6.08 Å². The Bertz CT molecular complexity index is 718. The highest BCUT2D eigenvalue weighted by molar-refractivity contribution is 7.65. The van der Waals surface area contributed by atoms with E-state index >= 15 is 0 Å². The molecule has 0 aromatic carbocycles. The van der Waals surface area contributed by atoms with Crippen molar-refractivity contribution in [2.24, 2.45) is 0 Å². The van der Waals surface area contributed by atoms with Crippen LogP contribution in [0.25, 0.3) is 0 Å². The maximum Gasteiger partial charge on any atom is 0.485 e. The van der Waals surface area contributed by atoms with Gasteiger partial charge in [-0.2, -0.15) is 0 Å². The summed E-state index contributed by atoms with van der Waals surface area (Å²) in [6.45, 7) is 16.6. The Morgan fingerprint density at radius 1 is 0.469 bits per heavy atom. The van der Waals surface area contributed by atoms with E-state index in [1.165, 1.54) is 38.5 Å². The second-order valence-electron chi connectivity index (χ2n) is 13.7. The van der Waals surface area contributed by atoms with Crippen LogP contribution >= 0.6 is 7.80 Å². The van der Waals surface area contributed by atoms with Crippen molar-refractivity contribution in [1.82, 2.24) is 0 Å². The molecule has 0 rings (SSSR count). The molecule has 290 valence electrons. The van der Waals surface area contributed by atoms with Crippen LogP contribution in [0.2, 0.25) is 0 Å². The van der Waals surface area contributed by atoms with Crippen LogP contribution in [0.5, 0.6) is 0 Å². The van der Waals surface area contributed by atoms with Gasteiger partial charge in [0.25, 0.3) is 5.97 Å². The molecule has 0 aromatic heterocycles. The fourth-order valence-corrected chi connectivity index (χ4v) is 7.07. The van der Waals surface area contributed by atoms with Crippen molar-refractivity contribution in [2.75, 3.05) is 33.0 Å². The minimum atomic E-state index is -2.68. The molecule has 0 radical (unpaired) electrons. The number of allylic oxidation sites excluding steroid dienone is 1. The summed E-state index contributed by atoms with van der Waals surface area (Å²) in [4.78, 5) is 13.2. The molecular formula is C41H80O7P+. The van der Waals surface area contributed by atoms with E-state index in [1.54, 1.807) is 0 Å². The van der Waals surface area contributed by atoms with Gasteiger partial charge in [0.05, 0.1) is 33.0 Å². The number of unbranched alkanes of at least 4 members (excludes halogenated alkanes) is 20. The maximum absolute atomic E-state index is 14.3. The second-order valence-corrected chi connectivity index (χ2v) is 15.4. The van der Waals surface area contributed by atoms with Gasteiger partial charge in [-0.3, -0.25) is 0 Å². The first-order chi connectivity index (χ1) is 23.9. The van der Waals surface area contributed by atoms with Crippen molar-refractivity contribution in [2.45, 2.75) is 213 Å². The normalized spacial score (nSPS) is 12.5. The predicted octanol–water partition coefficient (Wildman–Crippen LogP) is 13.2. The van der Waals surface area contributed by atoms with Crippen LogP contribution in [0, 0.1) is 0 Å². The summed E-state index contributed by atoms with van der Waals surface area (Å²) in [6.07, 6.45) is 27.7. The highest BCUT2D eigenvalue weighted by atomic mass is 31.1. The first-order valence-corrected chi connectivity index (χ1v) is 22.0. The molecule has 0 aromatic rings. The molecule has 0 heterocycles. The van der Waals surface area contributed by atoms with E-state index in [2.05, 4.69) is 41.2 Å². The lowest BCUT2D eigenvalue weighted by atomic mass is 10.1. The van der Waals surface area contributed by atoms with Crippen LogP contribution < -0.4 is 0 Å². The number of ether oxygens (including phenoxy) is 5. The Morgan fingerprint density at radius 3 is 1.00 bits per heavy atom. The van der Waals surface area contributed by atoms with Gasteiger partial charge in [-0.1, -0.05) is 174 Å². The molecule has 0 aliphatic heterocycles. The van der Waals surface area contributed by atoms with Crippen LogP contribution in [0.15, 0.2) is 12.7 Å². The molecule has 0 aliphatic carbocycles. The molecule has 0 N–H and O–H groups in total. The standard InChI is InChI=1S/C41H80O7P/c1-7-13-18-23-28-33-44-40(45-34-29-24-19-14-8-2,46-35-30-25-20-15-9-3)38-41(49(43)39(42)12-6,47-36-31-26-21-16-10-4)48-37-32-27-22-17-11-5/h12H,6-11,13-38H2,1-5H3/q+1. The first kappa shape index (κ1) is 48.3. The summed E-state index contributed by atoms with van der Waals surface area (Å²) in [6, 6.07) is 0. The van der Waals surface area contributed by atoms with E-state index in [-0.39, 0.29) is 6.42 Å². The molecule has 0 bridgehead atoms. The Labute approximate surface area is 304 Å². The summed E-state index contributed by atoms with van der Waals surface area (Å²) in [7, 11) is -2.68. The van der Waals surface area contributed by atoms with Crippen LogP contribution in [0.1, 0.15) is 202 Å². The third kappa shape index (κ3) is 25.0. The number of hydrogen-bond donors (Lipinski definition) is 0. The van der Waals surface area contributed by atoms with Crippen LogP contribution in [0.4, 0.5) is 0 Å². The Kier molecular flexibility index (Phi) is 33.9. The van der Waals surface area contributed by atoms with Crippen LogP contribution in [0.3, 0.4) is 0 Å². The van der Waals surface area contributed by atoms with Gasteiger partial charge in [0.15, 0.2) is 0 Å². The molecule has 1 atom stereocenters. The average molecular weight is 716 g/mol. The van der Waals surface area contributed by atoms with Gasteiger partial charge < -0.3 is 23.7 Å². The summed E-state index contributed by atoms with van der Waals surface area (Å²) in [5.41, 5.74) is -2.33. The molecule has 1 unspecified atom stereocenters. The fraction of sp³-hybridized carbons (Fsp3) is 0.927. The summed E-state index contributed by atoms with van der Waals surface area (Å²) in [5.74, 6) is -1.54. The molecule has 0 spiro atoms. The molecular weight excluding hydrogens is 635 g/mol. The third-order valence-electron chi connectivity index (χ3n) is 8.98. The molecule has 49 heavy (non-hydrogen) atoms. The quantitative estimate of drug-likeness (QED) is 0.0270. The van der Waals surface area contributed by atoms with Crippen molar-refractivity contribution >= 4 is 13.3 Å². The minimum Gasteiger partial charge on any atom is -0.327 e. The SMILES string of the molecule is C=CC(=O)[P+](=O)C(CC(OCCCCCCC)(OCCCCCCC)OCCCCCCC)(OCCCCCCC)OCCCCCCC. The van der Waals surface area contributed by atoms with Gasteiger partial charge >= 0.3 is 18.9 Å². The van der Waals surface area contributed by atoms with Gasteiger partial charge in [-0.25, -0.2) is 4.79 Å². The first-order valence-electron chi connectivity index (χ1n) is 20.7. The van der Waals surface area contributed by atoms with E-state index in [0.717, 1.165) is 128 Å². The number of hydrogen-bond acceptors (Lipinski definition) is 7. The van der Waals surface area contributed by atoms with E-state index < -0.39 is 24.8 Å². The fourth-order valence-electron chi connectivity index (χ4n) is 5.81. The van der Waals surface area contributed by atoms with E-state index in [9.17, 15) is 9.36 Å². The average Bonchev–Trinajstić information content (AvgIpc) is 3.11. The van der Waals surface area contributed by atoms with Crippen molar-refractivity contribution in [1.29, 1.82) is 0 Å². The largest absolute Gasteiger partial charge is 0.485 e. The van der Waals surface area contributed by atoms with E-state index in [1.807, 2.05) is 0 Å². The summed E-state index contributed by atoms with van der Waals surface area (Å²) < 4.78 is 47.2. The van der Waals surface area contributed by atoms with E-state index in [4.69, 9.17) is 23.7 Å². The molecule has 0 saturated carbocycles. The predicted molar refractivity (Wildman–Crippen MR) is 206 cm³/mol. The maximum atomic E-state index is 14.3. The monoisotopic (exact) mass is 716 g/mol. The lowest BCUT2D eigenvalue weighted by Gasteiger charge is -2.37. The summed E-state index contributed by atoms with van der Waals surface area (Å²) >= 11 is 0. The van der Waals surface area contributed by atoms with Crippen molar-refractivity contribution in [3.8, 4) is 0 Å². The van der Waals surface area contributed by atoms with Crippen LogP contribution in [-0.4, -0.2) is 50.1 Å².